The molecule has 0 unspecified atom stereocenters. The minimum atomic E-state index is -0.567. The highest BCUT2D eigenvalue weighted by Gasteiger charge is 2.24. The lowest BCUT2D eigenvalue weighted by molar-refractivity contribution is 0.00637. The maximum atomic E-state index is 12.0. The summed E-state index contributed by atoms with van der Waals surface area (Å²) in [6, 6.07) is 3.57. The second kappa shape index (κ2) is 4.56. The van der Waals surface area contributed by atoms with Gasteiger partial charge in [-0.1, -0.05) is 0 Å². The number of hydrogen-bond donors (Lipinski definition) is 1. The molecule has 0 radical (unpaired) electrons. The van der Waals surface area contributed by atoms with Gasteiger partial charge in [-0.2, -0.15) is 10.3 Å². The molecule has 2 rings (SSSR count). The van der Waals surface area contributed by atoms with Crippen LogP contribution in [0, 0.1) is 0 Å². The van der Waals surface area contributed by atoms with Crippen molar-refractivity contribution in [3.8, 4) is 11.3 Å². The van der Waals surface area contributed by atoms with Crippen molar-refractivity contribution in [2.75, 3.05) is 0 Å². The smallest absolute Gasteiger partial charge is 0.361 e. The topological polar surface area (TPSA) is 80.8 Å². The molecule has 0 saturated carbocycles. The zero-order valence-corrected chi connectivity index (χ0v) is 10.5. The van der Waals surface area contributed by atoms with Gasteiger partial charge in [0.15, 0.2) is 5.69 Å². The third-order valence-electron chi connectivity index (χ3n) is 2.08. The molecule has 0 saturated heterocycles. The summed E-state index contributed by atoms with van der Waals surface area (Å²) in [4.78, 5) is 15.9. The lowest BCUT2D eigenvalue weighted by Crippen LogP contribution is -2.24. The summed E-state index contributed by atoms with van der Waals surface area (Å²) in [5.41, 5.74) is 0.754. The van der Waals surface area contributed by atoms with Crippen LogP contribution in [0.15, 0.2) is 24.5 Å². The second-order valence-corrected chi connectivity index (χ2v) is 4.76. The highest BCUT2D eigenvalue weighted by atomic mass is 16.6. The fourth-order valence-corrected chi connectivity index (χ4v) is 1.40. The van der Waals surface area contributed by atoms with Gasteiger partial charge in [-0.25, -0.2) is 4.79 Å². The van der Waals surface area contributed by atoms with Crippen LogP contribution in [0.2, 0.25) is 0 Å². The predicted octanol–water partition coefficient (Wildman–Crippen LogP) is 1.82. The number of H-pyrrole nitrogens is 1. The normalized spacial score (nSPS) is 11.3. The standard InChI is InChI=1S/C12H14N4O2/c1-12(2,3)18-11(17)10-9(14-16-15-10)8-5-4-6-13-7-8/h4-7H,1-3H3,(H,14,15,16). The fourth-order valence-electron chi connectivity index (χ4n) is 1.40. The van der Waals surface area contributed by atoms with Crippen molar-refractivity contribution in [1.29, 1.82) is 0 Å². The molecule has 0 aliphatic carbocycles. The van der Waals surface area contributed by atoms with Gasteiger partial charge < -0.3 is 4.74 Å². The van der Waals surface area contributed by atoms with Gasteiger partial charge in [-0.05, 0) is 32.9 Å². The Balaban J connectivity index is 2.32. The number of pyridine rings is 1. The van der Waals surface area contributed by atoms with Gasteiger partial charge in [0.25, 0.3) is 0 Å². The molecular formula is C12H14N4O2. The number of aromatic nitrogens is 4. The Morgan fingerprint density at radius 2 is 2.11 bits per heavy atom. The first-order valence-electron chi connectivity index (χ1n) is 5.52. The number of hydrogen-bond acceptors (Lipinski definition) is 5. The molecule has 18 heavy (non-hydrogen) atoms. The van der Waals surface area contributed by atoms with Crippen LogP contribution < -0.4 is 0 Å². The van der Waals surface area contributed by atoms with Crippen molar-refractivity contribution in [2.45, 2.75) is 26.4 Å². The zero-order chi connectivity index (χ0) is 13.2. The summed E-state index contributed by atoms with van der Waals surface area (Å²) in [7, 11) is 0. The number of rotatable bonds is 2. The Kier molecular flexibility index (Phi) is 3.10. The fraction of sp³-hybridized carbons (Fsp3) is 0.333. The van der Waals surface area contributed by atoms with E-state index in [2.05, 4.69) is 20.4 Å². The Morgan fingerprint density at radius 1 is 1.33 bits per heavy atom. The monoisotopic (exact) mass is 246 g/mol. The van der Waals surface area contributed by atoms with Crippen molar-refractivity contribution >= 4 is 5.97 Å². The number of nitrogens with zero attached hydrogens (tertiary/aromatic N) is 3. The first-order chi connectivity index (χ1) is 8.47. The molecule has 2 aromatic rings. The van der Waals surface area contributed by atoms with Gasteiger partial charge in [-0.3, -0.25) is 4.98 Å². The van der Waals surface area contributed by atoms with Crippen molar-refractivity contribution in [2.24, 2.45) is 0 Å². The molecule has 0 aliphatic rings. The number of aromatic amines is 1. The van der Waals surface area contributed by atoms with Gasteiger partial charge in [0, 0.05) is 18.0 Å². The van der Waals surface area contributed by atoms with Crippen LogP contribution in [0.25, 0.3) is 11.3 Å². The third kappa shape index (κ3) is 2.71. The van der Waals surface area contributed by atoms with Gasteiger partial charge in [0.1, 0.15) is 11.3 Å². The number of carbonyl (C=O) groups is 1. The van der Waals surface area contributed by atoms with E-state index in [0.29, 0.717) is 11.3 Å². The Labute approximate surface area is 104 Å². The molecule has 0 atom stereocenters. The summed E-state index contributed by atoms with van der Waals surface area (Å²) >= 11 is 0. The summed E-state index contributed by atoms with van der Waals surface area (Å²) in [5.74, 6) is -0.505. The van der Waals surface area contributed by atoms with E-state index in [4.69, 9.17) is 4.74 Å². The molecule has 6 heteroatoms. The highest BCUT2D eigenvalue weighted by molar-refractivity contribution is 5.93. The Morgan fingerprint density at radius 3 is 2.72 bits per heavy atom. The summed E-state index contributed by atoms with van der Waals surface area (Å²) in [5, 5.41) is 10.2. The van der Waals surface area contributed by atoms with Crippen LogP contribution in [-0.4, -0.2) is 32.0 Å². The molecule has 1 N–H and O–H groups in total. The van der Waals surface area contributed by atoms with Gasteiger partial charge in [0.05, 0.1) is 0 Å². The zero-order valence-electron chi connectivity index (χ0n) is 10.5. The molecular weight excluding hydrogens is 232 g/mol. The average molecular weight is 246 g/mol. The molecule has 0 spiro atoms. The largest absolute Gasteiger partial charge is 0.455 e. The molecule has 6 nitrogen and oxygen atoms in total. The van der Waals surface area contributed by atoms with Crippen LogP contribution >= 0.6 is 0 Å². The van der Waals surface area contributed by atoms with E-state index >= 15 is 0 Å². The first-order valence-corrected chi connectivity index (χ1v) is 5.52. The van der Waals surface area contributed by atoms with E-state index in [9.17, 15) is 4.79 Å². The molecule has 2 aromatic heterocycles. The van der Waals surface area contributed by atoms with Gasteiger partial charge >= 0.3 is 5.97 Å². The number of carbonyl (C=O) groups excluding carboxylic acids is 1. The van der Waals surface area contributed by atoms with Crippen LogP contribution in [0.5, 0.6) is 0 Å². The summed E-state index contributed by atoms with van der Waals surface area (Å²) in [6.45, 7) is 5.40. The van der Waals surface area contributed by atoms with Gasteiger partial charge in [-0.15, -0.1) is 5.10 Å². The van der Waals surface area contributed by atoms with E-state index in [1.165, 1.54) is 0 Å². The van der Waals surface area contributed by atoms with Crippen molar-refractivity contribution in [3.05, 3.63) is 30.2 Å². The minimum absolute atomic E-state index is 0.165. The average Bonchev–Trinajstić information content (AvgIpc) is 2.76. The van der Waals surface area contributed by atoms with E-state index in [1.807, 2.05) is 0 Å². The molecule has 2 heterocycles. The van der Waals surface area contributed by atoms with Crippen LogP contribution in [0.3, 0.4) is 0 Å². The maximum absolute atomic E-state index is 12.0. The molecule has 0 amide bonds. The lowest BCUT2D eigenvalue weighted by atomic mass is 10.1. The van der Waals surface area contributed by atoms with Crippen LogP contribution in [0.4, 0.5) is 0 Å². The summed E-state index contributed by atoms with van der Waals surface area (Å²) < 4.78 is 5.26. The lowest BCUT2D eigenvalue weighted by Gasteiger charge is -2.18. The third-order valence-corrected chi connectivity index (χ3v) is 2.08. The van der Waals surface area contributed by atoms with Crippen molar-refractivity contribution in [3.63, 3.8) is 0 Å². The maximum Gasteiger partial charge on any atom is 0.361 e. The molecule has 0 aromatic carbocycles. The number of nitrogens with one attached hydrogen (secondary N) is 1. The molecule has 94 valence electrons. The minimum Gasteiger partial charge on any atom is -0.455 e. The van der Waals surface area contributed by atoms with Crippen molar-refractivity contribution in [1.82, 2.24) is 20.4 Å². The number of ether oxygens (including phenoxy) is 1. The quantitative estimate of drug-likeness (QED) is 0.817. The van der Waals surface area contributed by atoms with Crippen molar-refractivity contribution < 1.29 is 9.53 Å². The summed E-state index contributed by atoms with van der Waals surface area (Å²) in [6.07, 6.45) is 3.27. The predicted molar refractivity (Wildman–Crippen MR) is 64.8 cm³/mol. The molecule has 0 fully saturated rings. The molecule has 0 aliphatic heterocycles. The van der Waals surface area contributed by atoms with Gasteiger partial charge in [0.2, 0.25) is 0 Å². The highest BCUT2D eigenvalue weighted by Crippen LogP contribution is 2.20. The second-order valence-electron chi connectivity index (χ2n) is 4.76. The number of esters is 1. The van der Waals surface area contributed by atoms with E-state index < -0.39 is 11.6 Å². The SMILES string of the molecule is CC(C)(C)OC(=O)c1n[nH]nc1-c1cccnc1. The Bertz CT molecular complexity index is 543. The Hall–Kier alpha value is -2.24. The van der Waals surface area contributed by atoms with E-state index in [0.717, 1.165) is 0 Å². The van der Waals surface area contributed by atoms with Crippen LogP contribution in [0.1, 0.15) is 31.3 Å². The molecule has 0 bridgehead atoms. The van der Waals surface area contributed by atoms with Crippen LogP contribution in [-0.2, 0) is 4.74 Å². The van der Waals surface area contributed by atoms with E-state index in [-0.39, 0.29) is 5.69 Å². The first kappa shape index (κ1) is 12.2. The van der Waals surface area contributed by atoms with E-state index in [1.54, 1.807) is 45.3 Å².